The number of amides is 3. The van der Waals surface area contributed by atoms with Crippen molar-refractivity contribution in [1.82, 2.24) is 15.1 Å². The van der Waals surface area contributed by atoms with Gasteiger partial charge in [0.1, 0.15) is 0 Å². The molecular weight excluding hydrogens is 426 g/mol. The zero-order chi connectivity index (χ0) is 22.7. The van der Waals surface area contributed by atoms with Gasteiger partial charge in [0.2, 0.25) is 5.91 Å². The molecule has 1 aromatic heterocycles. The Morgan fingerprint density at radius 3 is 2.62 bits per heavy atom. The van der Waals surface area contributed by atoms with Crippen LogP contribution in [0.3, 0.4) is 0 Å². The normalized spacial score (nSPS) is 13.6. The molecule has 2 N–H and O–H groups in total. The van der Waals surface area contributed by atoms with Gasteiger partial charge >= 0.3 is 6.03 Å². The Morgan fingerprint density at radius 2 is 1.94 bits per heavy atom. The van der Waals surface area contributed by atoms with Gasteiger partial charge in [0.05, 0.1) is 12.2 Å². The van der Waals surface area contributed by atoms with Crippen molar-refractivity contribution in [1.29, 1.82) is 0 Å². The molecule has 0 spiro atoms. The third kappa shape index (κ3) is 4.68. The van der Waals surface area contributed by atoms with Crippen LogP contribution in [-0.2, 0) is 11.3 Å². The highest BCUT2D eigenvalue weighted by Crippen LogP contribution is 2.21. The maximum absolute atomic E-state index is 12.4. The lowest BCUT2D eigenvalue weighted by Crippen LogP contribution is -2.27. The number of aromatic nitrogens is 2. The Balaban J connectivity index is 1.42. The fraction of sp³-hybridized carbons (Fsp3) is 0.208. The molecule has 2 heterocycles. The molecule has 8 heteroatoms. The predicted molar refractivity (Wildman–Crippen MR) is 127 cm³/mol. The summed E-state index contributed by atoms with van der Waals surface area (Å²) in [7, 11) is 0. The first-order chi connectivity index (χ1) is 15.4. The summed E-state index contributed by atoms with van der Waals surface area (Å²) < 4.78 is 1.89. The van der Waals surface area contributed by atoms with Gasteiger partial charge in [-0.25, -0.2) is 4.79 Å². The molecule has 1 fully saturated rings. The number of benzene rings is 2. The van der Waals surface area contributed by atoms with Crippen LogP contribution < -0.4 is 15.5 Å². The number of hydrogen-bond donors (Lipinski definition) is 2. The van der Waals surface area contributed by atoms with E-state index >= 15 is 0 Å². The van der Waals surface area contributed by atoms with Gasteiger partial charge in [-0.05, 0) is 55.8 Å². The van der Waals surface area contributed by atoms with Crippen LogP contribution in [0.25, 0.3) is 6.08 Å². The van der Waals surface area contributed by atoms with E-state index in [-0.39, 0.29) is 11.9 Å². The van der Waals surface area contributed by atoms with E-state index < -0.39 is 0 Å². The maximum Gasteiger partial charge on any atom is 0.321 e. The minimum atomic E-state index is -0.241. The highest BCUT2D eigenvalue weighted by Gasteiger charge is 2.20. The van der Waals surface area contributed by atoms with E-state index in [0.29, 0.717) is 30.3 Å². The third-order valence-corrected chi connectivity index (χ3v) is 5.79. The number of halogens is 1. The van der Waals surface area contributed by atoms with E-state index in [9.17, 15) is 9.59 Å². The second-order valence-corrected chi connectivity index (χ2v) is 7.99. The lowest BCUT2D eigenvalue weighted by atomic mass is 10.1. The van der Waals surface area contributed by atoms with Crippen molar-refractivity contribution >= 4 is 41.0 Å². The van der Waals surface area contributed by atoms with Crippen LogP contribution in [0.1, 0.15) is 22.5 Å². The molecule has 1 aliphatic heterocycles. The van der Waals surface area contributed by atoms with Crippen LogP contribution in [-0.4, -0.2) is 34.8 Å². The average molecular weight is 450 g/mol. The van der Waals surface area contributed by atoms with Gasteiger partial charge in [-0.15, -0.1) is 0 Å². The minimum absolute atomic E-state index is 0.106. The van der Waals surface area contributed by atoms with Gasteiger partial charge in [0, 0.05) is 46.8 Å². The second-order valence-electron chi connectivity index (χ2n) is 7.59. The van der Waals surface area contributed by atoms with Gasteiger partial charge in [0.15, 0.2) is 0 Å². The summed E-state index contributed by atoms with van der Waals surface area (Å²) in [5, 5.41) is 10.9. The van der Waals surface area contributed by atoms with E-state index in [0.717, 1.165) is 28.2 Å². The number of carbonyl (C=O) groups excluding carboxylic acids is 2. The number of urea groups is 1. The van der Waals surface area contributed by atoms with E-state index in [1.165, 1.54) is 6.08 Å². The molecule has 164 valence electrons. The highest BCUT2D eigenvalue weighted by molar-refractivity contribution is 6.31. The van der Waals surface area contributed by atoms with Crippen molar-refractivity contribution in [3.05, 3.63) is 82.1 Å². The molecule has 32 heavy (non-hydrogen) atoms. The number of carbonyl (C=O) groups is 2. The topological polar surface area (TPSA) is 79.3 Å². The van der Waals surface area contributed by atoms with Gasteiger partial charge in [-0.1, -0.05) is 29.8 Å². The number of nitrogens with zero attached hydrogens (tertiary/aromatic N) is 3. The summed E-state index contributed by atoms with van der Waals surface area (Å²) in [6, 6.07) is 14.8. The van der Waals surface area contributed by atoms with E-state index in [1.54, 1.807) is 23.1 Å². The van der Waals surface area contributed by atoms with Crippen molar-refractivity contribution in [2.75, 3.05) is 23.3 Å². The van der Waals surface area contributed by atoms with E-state index in [1.807, 2.05) is 54.9 Å². The smallest absolute Gasteiger partial charge is 0.321 e. The standard InChI is InChI=1S/C24H24ClN5O2/c1-16-21(17(2)30(28-16)15-18-5-3-4-6-22(18)25)11-12-23(31)27-19-7-9-20(10-8-19)29-14-13-26-24(29)32/h3-12H,13-15H2,1-2H3,(H,26,32)(H,27,31)/b12-11+. The average Bonchev–Trinajstić information content (AvgIpc) is 3.31. The van der Waals surface area contributed by atoms with Crippen molar-refractivity contribution in [3.63, 3.8) is 0 Å². The summed E-state index contributed by atoms with van der Waals surface area (Å²) in [6.07, 6.45) is 3.28. The van der Waals surface area contributed by atoms with Crippen molar-refractivity contribution in [3.8, 4) is 0 Å². The van der Waals surface area contributed by atoms with Crippen molar-refractivity contribution in [2.24, 2.45) is 0 Å². The first kappa shape index (κ1) is 21.6. The Morgan fingerprint density at radius 1 is 1.19 bits per heavy atom. The Bertz CT molecular complexity index is 1180. The Kier molecular flexibility index (Phi) is 6.28. The van der Waals surface area contributed by atoms with E-state index in [2.05, 4.69) is 15.7 Å². The molecular formula is C24H24ClN5O2. The molecule has 4 rings (SSSR count). The molecule has 3 aromatic rings. The molecule has 0 aliphatic carbocycles. The molecule has 0 radical (unpaired) electrons. The van der Waals surface area contributed by atoms with Gasteiger partial charge in [-0.3, -0.25) is 14.4 Å². The van der Waals surface area contributed by atoms with Crippen LogP contribution in [0.15, 0.2) is 54.6 Å². The monoisotopic (exact) mass is 449 g/mol. The summed E-state index contributed by atoms with van der Waals surface area (Å²) in [6.45, 7) is 5.72. The molecule has 0 bridgehead atoms. The summed E-state index contributed by atoms with van der Waals surface area (Å²) in [4.78, 5) is 25.8. The molecule has 0 saturated carbocycles. The summed E-state index contributed by atoms with van der Waals surface area (Å²) in [5.41, 5.74) is 5.15. The molecule has 7 nitrogen and oxygen atoms in total. The maximum atomic E-state index is 12.4. The summed E-state index contributed by atoms with van der Waals surface area (Å²) >= 11 is 6.28. The SMILES string of the molecule is Cc1nn(Cc2ccccc2Cl)c(C)c1/C=C/C(=O)Nc1ccc(N2CCNC2=O)cc1. The van der Waals surface area contributed by atoms with Crippen LogP contribution in [0.4, 0.5) is 16.2 Å². The molecule has 0 atom stereocenters. The van der Waals surface area contributed by atoms with Crippen molar-refractivity contribution in [2.45, 2.75) is 20.4 Å². The van der Waals surface area contributed by atoms with Gasteiger partial charge in [-0.2, -0.15) is 5.10 Å². The Hall–Kier alpha value is -3.58. The van der Waals surface area contributed by atoms with Crippen LogP contribution in [0.2, 0.25) is 5.02 Å². The molecule has 0 unspecified atom stereocenters. The first-order valence-electron chi connectivity index (χ1n) is 10.3. The lowest BCUT2D eigenvalue weighted by molar-refractivity contribution is -0.111. The highest BCUT2D eigenvalue weighted by atomic mass is 35.5. The van der Waals surface area contributed by atoms with Crippen LogP contribution in [0, 0.1) is 13.8 Å². The predicted octanol–water partition coefficient (Wildman–Crippen LogP) is 4.38. The molecule has 2 aromatic carbocycles. The van der Waals surface area contributed by atoms with Gasteiger partial charge in [0.25, 0.3) is 0 Å². The third-order valence-electron chi connectivity index (χ3n) is 5.42. The minimum Gasteiger partial charge on any atom is -0.336 e. The Labute approximate surface area is 191 Å². The summed E-state index contributed by atoms with van der Waals surface area (Å²) in [5.74, 6) is -0.241. The fourth-order valence-corrected chi connectivity index (χ4v) is 3.88. The van der Waals surface area contributed by atoms with Crippen molar-refractivity contribution < 1.29 is 9.59 Å². The number of aryl methyl sites for hydroxylation is 1. The van der Waals surface area contributed by atoms with Gasteiger partial charge < -0.3 is 10.6 Å². The number of anilines is 2. The number of rotatable bonds is 6. The number of nitrogens with one attached hydrogen (secondary N) is 2. The number of hydrogen-bond acceptors (Lipinski definition) is 3. The first-order valence-corrected chi connectivity index (χ1v) is 10.7. The largest absolute Gasteiger partial charge is 0.336 e. The zero-order valence-corrected chi connectivity index (χ0v) is 18.7. The van der Waals surface area contributed by atoms with E-state index in [4.69, 9.17) is 11.6 Å². The van der Waals surface area contributed by atoms with Crippen LogP contribution in [0.5, 0.6) is 0 Å². The quantitative estimate of drug-likeness (QED) is 0.548. The fourth-order valence-electron chi connectivity index (χ4n) is 3.68. The molecule has 3 amide bonds. The zero-order valence-electron chi connectivity index (χ0n) is 17.9. The molecule has 1 saturated heterocycles. The van der Waals surface area contributed by atoms with Crippen LogP contribution >= 0.6 is 11.6 Å². The second kappa shape index (κ2) is 9.28. The lowest BCUT2D eigenvalue weighted by Gasteiger charge is -2.14. The molecule has 1 aliphatic rings.